The predicted octanol–water partition coefficient (Wildman–Crippen LogP) is 1.15. The van der Waals surface area contributed by atoms with E-state index < -0.39 is 9.84 Å². The molecule has 0 fully saturated rings. The van der Waals surface area contributed by atoms with E-state index in [1.54, 1.807) is 6.92 Å². The average molecular weight is 249 g/mol. The molecule has 0 aromatic carbocycles. The van der Waals surface area contributed by atoms with Gasteiger partial charge in [-0.15, -0.1) is 0 Å². The van der Waals surface area contributed by atoms with Crippen LogP contribution in [0.25, 0.3) is 0 Å². The molecular weight excluding hydrogens is 226 g/mol. The minimum atomic E-state index is -2.94. The van der Waals surface area contributed by atoms with Gasteiger partial charge < -0.3 is 5.73 Å². The Hall–Kier alpha value is -0.420. The van der Waals surface area contributed by atoms with Gasteiger partial charge >= 0.3 is 0 Å². The molecule has 0 aliphatic rings. The molecule has 0 aliphatic heterocycles. The van der Waals surface area contributed by atoms with Gasteiger partial charge in [-0.3, -0.25) is 4.79 Å². The van der Waals surface area contributed by atoms with Crippen LogP contribution in [-0.2, 0) is 14.6 Å². The van der Waals surface area contributed by atoms with E-state index in [1.165, 1.54) is 0 Å². The maximum absolute atomic E-state index is 11.7. The van der Waals surface area contributed by atoms with Gasteiger partial charge in [-0.25, -0.2) is 8.42 Å². The second-order valence-electron chi connectivity index (χ2n) is 4.03. The lowest BCUT2D eigenvalue weighted by atomic mass is 9.96. The fraction of sp³-hybridized carbons (Fsp3) is 0.909. The zero-order valence-electron chi connectivity index (χ0n) is 10.2. The van der Waals surface area contributed by atoms with Crippen molar-refractivity contribution in [3.63, 3.8) is 0 Å². The molecule has 1 unspecified atom stereocenters. The van der Waals surface area contributed by atoms with Crippen LogP contribution in [0.4, 0.5) is 0 Å². The van der Waals surface area contributed by atoms with E-state index in [1.807, 2.05) is 6.92 Å². The highest BCUT2D eigenvalue weighted by Gasteiger charge is 2.16. The van der Waals surface area contributed by atoms with E-state index in [0.717, 1.165) is 12.8 Å². The lowest BCUT2D eigenvalue weighted by Gasteiger charge is -2.11. The quantitative estimate of drug-likeness (QED) is 0.665. The van der Waals surface area contributed by atoms with Crippen LogP contribution < -0.4 is 5.73 Å². The molecule has 0 heterocycles. The van der Waals surface area contributed by atoms with E-state index in [9.17, 15) is 13.2 Å². The molecule has 0 saturated carbocycles. The lowest BCUT2D eigenvalue weighted by Crippen LogP contribution is -2.24. The molecule has 5 heteroatoms. The Morgan fingerprint density at radius 3 is 2.38 bits per heavy atom. The topological polar surface area (TPSA) is 77.2 Å². The van der Waals surface area contributed by atoms with Crippen molar-refractivity contribution in [2.75, 3.05) is 18.1 Å². The average Bonchev–Trinajstić information content (AvgIpc) is 2.25. The highest BCUT2D eigenvalue weighted by atomic mass is 32.2. The van der Waals surface area contributed by atoms with Crippen molar-refractivity contribution in [3.05, 3.63) is 0 Å². The Morgan fingerprint density at radius 2 is 1.94 bits per heavy atom. The molecule has 2 N–H and O–H groups in total. The molecule has 0 amide bonds. The largest absolute Gasteiger partial charge is 0.330 e. The molecule has 0 radical (unpaired) electrons. The molecule has 0 aromatic rings. The van der Waals surface area contributed by atoms with Crippen molar-refractivity contribution in [2.45, 2.75) is 39.5 Å². The van der Waals surface area contributed by atoms with Crippen LogP contribution in [0.5, 0.6) is 0 Å². The van der Waals surface area contributed by atoms with Gasteiger partial charge in [0, 0.05) is 24.6 Å². The van der Waals surface area contributed by atoms with E-state index in [2.05, 4.69) is 0 Å². The van der Waals surface area contributed by atoms with Gasteiger partial charge in [0.05, 0.1) is 5.75 Å². The summed E-state index contributed by atoms with van der Waals surface area (Å²) < 4.78 is 22.4. The lowest BCUT2D eigenvalue weighted by molar-refractivity contribution is -0.122. The normalized spacial score (nSPS) is 13.7. The number of rotatable bonds is 9. The number of hydrogen-bond acceptors (Lipinski definition) is 4. The van der Waals surface area contributed by atoms with Gasteiger partial charge in [0.2, 0.25) is 0 Å². The zero-order chi connectivity index (χ0) is 12.6. The Bertz CT molecular complexity index is 298. The Morgan fingerprint density at radius 1 is 1.31 bits per heavy atom. The molecule has 16 heavy (non-hydrogen) atoms. The second kappa shape index (κ2) is 7.79. The summed E-state index contributed by atoms with van der Waals surface area (Å²) in [5.74, 6) is 0.278. The van der Waals surface area contributed by atoms with Crippen molar-refractivity contribution in [1.29, 1.82) is 0 Å². The van der Waals surface area contributed by atoms with Crippen LogP contribution in [0.15, 0.2) is 0 Å². The smallest absolute Gasteiger partial charge is 0.150 e. The fourth-order valence-electron chi connectivity index (χ4n) is 1.57. The Labute approximate surface area is 98.5 Å². The van der Waals surface area contributed by atoms with Crippen molar-refractivity contribution in [1.82, 2.24) is 0 Å². The molecule has 0 aliphatic carbocycles. The molecule has 4 nitrogen and oxygen atoms in total. The van der Waals surface area contributed by atoms with Gasteiger partial charge in [0.15, 0.2) is 0 Å². The molecule has 0 saturated heterocycles. The van der Waals surface area contributed by atoms with Crippen LogP contribution >= 0.6 is 0 Å². The standard InChI is InChI=1S/C11H23NO3S/c1-3-6-10(9-12)11(13)7-5-8-16(14,15)4-2/h10H,3-9,12H2,1-2H3. The number of carbonyl (C=O) groups excluding carboxylic acids is 1. The molecule has 0 spiro atoms. The predicted molar refractivity (Wildman–Crippen MR) is 66.0 cm³/mol. The molecule has 0 aromatic heterocycles. The number of nitrogens with two attached hydrogens (primary N) is 1. The summed E-state index contributed by atoms with van der Waals surface area (Å²) in [6.07, 6.45) is 2.49. The van der Waals surface area contributed by atoms with Crippen LogP contribution in [0.2, 0.25) is 0 Å². The van der Waals surface area contributed by atoms with Crippen molar-refractivity contribution >= 4 is 15.6 Å². The molecule has 0 rings (SSSR count). The number of sulfone groups is 1. The third kappa shape index (κ3) is 6.23. The summed E-state index contributed by atoms with van der Waals surface area (Å²) in [4.78, 5) is 11.7. The van der Waals surface area contributed by atoms with Gasteiger partial charge in [0.25, 0.3) is 0 Å². The first-order valence-corrected chi connectivity index (χ1v) is 7.72. The highest BCUT2D eigenvalue weighted by Crippen LogP contribution is 2.10. The maximum atomic E-state index is 11.7. The summed E-state index contributed by atoms with van der Waals surface area (Å²) in [5.41, 5.74) is 5.50. The van der Waals surface area contributed by atoms with Crippen molar-refractivity contribution in [3.8, 4) is 0 Å². The minimum Gasteiger partial charge on any atom is -0.330 e. The zero-order valence-corrected chi connectivity index (χ0v) is 11.1. The number of carbonyl (C=O) groups is 1. The number of Topliss-reactive ketones (excluding diaryl/α,β-unsaturated/α-hetero) is 1. The summed E-state index contributed by atoms with van der Waals surface area (Å²) in [6.45, 7) is 4.00. The first-order chi connectivity index (χ1) is 7.46. The Balaban J connectivity index is 3.97. The Kier molecular flexibility index (Phi) is 7.58. The van der Waals surface area contributed by atoms with E-state index in [4.69, 9.17) is 5.73 Å². The molecule has 0 bridgehead atoms. The summed E-state index contributed by atoms with van der Waals surface area (Å²) in [7, 11) is -2.94. The summed E-state index contributed by atoms with van der Waals surface area (Å²) in [6, 6.07) is 0. The fourth-order valence-corrected chi connectivity index (χ4v) is 2.45. The second-order valence-corrected chi connectivity index (χ2v) is 6.50. The van der Waals surface area contributed by atoms with Crippen LogP contribution in [0, 0.1) is 5.92 Å². The first-order valence-electron chi connectivity index (χ1n) is 5.90. The van der Waals surface area contributed by atoms with Crippen LogP contribution in [0.3, 0.4) is 0 Å². The number of ketones is 1. The first kappa shape index (κ1) is 15.6. The third-order valence-electron chi connectivity index (χ3n) is 2.70. The SMILES string of the molecule is CCCC(CN)C(=O)CCCS(=O)(=O)CC. The van der Waals surface area contributed by atoms with Gasteiger partial charge in [0.1, 0.15) is 15.6 Å². The molecule has 96 valence electrons. The minimum absolute atomic E-state index is 0.0886. The maximum Gasteiger partial charge on any atom is 0.150 e. The van der Waals surface area contributed by atoms with E-state index in [-0.39, 0.29) is 23.2 Å². The van der Waals surface area contributed by atoms with Crippen molar-refractivity contribution in [2.24, 2.45) is 11.7 Å². The van der Waals surface area contributed by atoms with Gasteiger partial charge in [-0.2, -0.15) is 0 Å². The van der Waals surface area contributed by atoms with Crippen LogP contribution in [-0.4, -0.2) is 32.3 Å². The third-order valence-corrected chi connectivity index (χ3v) is 4.49. The van der Waals surface area contributed by atoms with E-state index in [0.29, 0.717) is 19.4 Å². The molecule has 1 atom stereocenters. The summed E-state index contributed by atoms with van der Waals surface area (Å²) >= 11 is 0. The highest BCUT2D eigenvalue weighted by molar-refractivity contribution is 7.91. The number of hydrogen-bond donors (Lipinski definition) is 1. The van der Waals surface area contributed by atoms with Gasteiger partial charge in [-0.05, 0) is 12.8 Å². The summed E-state index contributed by atoms with van der Waals surface area (Å²) in [5, 5.41) is 0. The van der Waals surface area contributed by atoms with Crippen LogP contribution in [0.1, 0.15) is 39.5 Å². The van der Waals surface area contributed by atoms with Crippen molar-refractivity contribution < 1.29 is 13.2 Å². The monoisotopic (exact) mass is 249 g/mol. The van der Waals surface area contributed by atoms with E-state index >= 15 is 0 Å². The van der Waals surface area contributed by atoms with Gasteiger partial charge in [-0.1, -0.05) is 20.3 Å². The molecular formula is C11H23NO3S.